The molecule has 1 aliphatic heterocycles. The third-order valence-corrected chi connectivity index (χ3v) is 7.40. The number of hydrogen-bond donors (Lipinski definition) is 0. The number of thiazole rings is 2. The fourth-order valence-electron chi connectivity index (χ4n) is 3.27. The summed E-state index contributed by atoms with van der Waals surface area (Å²) in [4.78, 5) is 14.4. The first-order valence-electron chi connectivity index (χ1n) is 8.70. The smallest absolute Gasteiger partial charge is 0.186 e. The van der Waals surface area contributed by atoms with Gasteiger partial charge in [0.1, 0.15) is 5.75 Å². The molecule has 1 fully saturated rings. The maximum absolute atomic E-state index is 5.32. The van der Waals surface area contributed by atoms with E-state index >= 15 is 0 Å². The van der Waals surface area contributed by atoms with Gasteiger partial charge in [-0.3, -0.25) is 0 Å². The minimum atomic E-state index is 0.880. The van der Waals surface area contributed by atoms with Gasteiger partial charge in [0, 0.05) is 30.7 Å². The average molecular weight is 461 g/mol. The van der Waals surface area contributed by atoms with Gasteiger partial charge < -0.3 is 14.5 Å². The summed E-state index contributed by atoms with van der Waals surface area (Å²) in [5, 5.41) is 2.20. The quantitative estimate of drug-likeness (QED) is 0.430. The molecule has 2 aromatic carbocycles. The van der Waals surface area contributed by atoms with Crippen molar-refractivity contribution in [2.24, 2.45) is 0 Å². The van der Waals surface area contributed by atoms with Gasteiger partial charge in [0.15, 0.2) is 10.3 Å². The van der Waals surface area contributed by atoms with Crippen molar-refractivity contribution in [3.05, 3.63) is 40.9 Å². The molecule has 3 heterocycles. The Kier molecular flexibility index (Phi) is 4.41. The maximum Gasteiger partial charge on any atom is 0.186 e. The zero-order chi connectivity index (χ0) is 18.4. The topological polar surface area (TPSA) is 41.5 Å². The van der Waals surface area contributed by atoms with Gasteiger partial charge in [-0.2, -0.15) is 0 Å². The van der Waals surface area contributed by atoms with Crippen LogP contribution in [0.5, 0.6) is 5.75 Å². The first-order chi connectivity index (χ1) is 13.2. The highest BCUT2D eigenvalue weighted by atomic mass is 79.9. The molecule has 138 valence electrons. The lowest BCUT2D eigenvalue weighted by molar-refractivity contribution is 0.415. The Morgan fingerprint density at radius 3 is 2.00 bits per heavy atom. The van der Waals surface area contributed by atoms with Crippen LogP contribution in [0.4, 0.5) is 10.3 Å². The number of hydrogen-bond acceptors (Lipinski definition) is 7. The van der Waals surface area contributed by atoms with E-state index in [-0.39, 0.29) is 0 Å². The SMILES string of the molecule is COc1ccc2nc(N3CCN(c4nc5ccc(Br)cc5s4)CC3)sc2c1. The van der Waals surface area contributed by atoms with E-state index in [4.69, 9.17) is 14.7 Å². The molecule has 1 saturated heterocycles. The Labute approximate surface area is 173 Å². The van der Waals surface area contributed by atoms with E-state index in [2.05, 4.69) is 43.9 Å². The fraction of sp³-hybridized carbons (Fsp3) is 0.263. The van der Waals surface area contributed by atoms with Crippen LogP contribution in [0.1, 0.15) is 0 Å². The molecule has 0 aliphatic carbocycles. The molecular formula is C19H17BrN4OS2. The fourth-order valence-corrected chi connectivity index (χ4v) is 5.88. The summed E-state index contributed by atoms with van der Waals surface area (Å²) in [5.74, 6) is 0.880. The van der Waals surface area contributed by atoms with E-state index in [1.807, 2.05) is 18.2 Å². The second-order valence-corrected chi connectivity index (χ2v) is 9.35. The summed E-state index contributed by atoms with van der Waals surface area (Å²) in [5.41, 5.74) is 2.11. The van der Waals surface area contributed by atoms with Crippen molar-refractivity contribution in [2.75, 3.05) is 43.1 Å². The van der Waals surface area contributed by atoms with Crippen LogP contribution in [-0.2, 0) is 0 Å². The Morgan fingerprint density at radius 1 is 0.852 bits per heavy atom. The van der Waals surface area contributed by atoms with E-state index in [1.54, 1.807) is 29.8 Å². The predicted octanol–water partition coefficient (Wildman–Crippen LogP) is 5.00. The number of ether oxygens (including phenoxy) is 1. The second kappa shape index (κ2) is 6.92. The standard InChI is InChI=1S/C19H17BrN4OS2/c1-25-13-3-5-15-17(11-13)27-19(22-15)24-8-6-23(7-9-24)18-21-14-4-2-12(20)10-16(14)26-18/h2-5,10-11H,6-9H2,1H3. The minimum Gasteiger partial charge on any atom is -0.497 e. The number of aromatic nitrogens is 2. The summed E-state index contributed by atoms with van der Waals surface area (Å²) in [7, 11) is 1.70. The predicted molar refractivity (Wildman–Crippen MR) is 118 cm³/mol. The summed E-state index contributed by atoms with van der Waals surface area (Å²) < 4.78 is 8.82. The first-order valence-corrected chi connectivity index (χ1v) is 11.1. The van der Waals surface area contributed by atoms with Crippen molar-refractivity contribution in [1.29, 1.82) is 0 Å². The molecule has 0 radical (unpaired) electrons. The molecule has 5 rings (SSSR count). The largest absolute Gasteiger partial charge is 0.497 e. The van der Waals surface area contributed by atoms with Crippen LogP contribution in [0.2, 0.25) is 0 Å². The van der Waals surface area contributed by atoms with Crippen molar-refractivity contribution in [2.45, 2.75) is 0 Å². The molecule has 27 heavy (non-hydrogen) atoms. The van der Waals surface area contributed by atoms with Gasteiger partial charge in [-0.25, -0.2) is 9.97 Å². The Hall–Kier alpha value is -1.90. The molecule has 4 aromatic rings. The normalized spacial score (nSPS) is 15.0. The van der Waals surface area contributed by atoms with Crippen molar-refractivity contribution < 1.29 is 4.74 Å². The van der Waals surface area contributed by atoms with Gasteiger partial charge in [-0.05, 0) is 36.4 Å². The number of methoxy groups -OCH3 is 1. The van der Waals surface area contributed by atoms with Gasteiger partial charge >= 0.3 is 0 Å². The van der Waals surface area contributed by atoms with E-state index in [0.29, 0.717) is 0 Å². The highest BCUT2D eigenvalue weighted by Crippen LogP contribution is 2.34. The van der Waals surface area contributed by atoms with E-state index in [0.717, 1.165) is 57.7 Å². The molecular weight excluding hydrogens is 444 g/mol. The van der Waals surface area contributed by atoms with Gasteiger partial charge in [0.25, 0.3) is 0 Å². The zero-order valence-corrected chi connectivity index (χ0v) is 17.9. The lowest BCUT2D eigenvalue weighted by Crippen LogP contribution is -2.46. The third-order valence-electron chi connectivity index (χ3n) is 4.74. The number of anilines is 2. The third kappa shape index (κ3) is 3.26. The van der Waals surface area contributed by atoms with Crippen molar-refractivity contribution in [3.8, 4) is 5.75 Å². The van der Waals surface area contributed by atoms with Crippen molar-refractivity contribution >= 4 is 69.3 Å². The molecule has 8 heteroatoms. The highest BCUT2D eigenvalue weighted by Gasteiger charge is 2.22. The lowest BCUT2D eigenvalue weighted by atomic mass is 10.3. The van der Waals surface area contributed by atoms with Crippen molar-refractivity contribution in [1.82, 2.24) is 9.97 Å². The van der Waals surface area contributed by atoms with Gasteiger partial charge in [0.2, 0.25) is 0 Å². The molecule has 0 amide bonds. The van der Waals surface area contributed by atoms with Crippen LogP contribution >= 0.6 is 38.6 Å². The molecule has 2 aromatic heterocycles. The Bertz CT molecular complexity index is 1120. The molecule has 0 bridgehead atoms. The molecule has 1 aliphatic rings. The Morgan fingerprint density at radius 2 is 1.41 bits per heavy atom. The molecule has 0 spiro atoms. The number of benzene rings is 2. The lowest BCUT2D eigenvalue weighted by Gasteiger charge is -2.34. The summed E-state index contributed by atoms with van der Waals surface area (Å²) >= 11 is 7.04. The first kappa shape index (κ1) is 17.2. The second-order valence-electron chi connectivity index (χ2n) is 6.41. The van der Waals surface area contributed by atoms with Crippen LogP contribution in [0.15, 0.2) is 40.9 Å². The van der Waals surface area contributed by atoms with E-state index in [1.165, 1.54) is 9.40 Å². The molecule has 0 unspecified atom stereocenters. The zero-order valence-electron chi connectivity index (χ0n) is 14.7. The van der Waals surface area contributed by atoms with Crippen LogP contribution in [0.3, 0.4) is 0 Å². The minimum absolute atomic E-state index is 0.880. The molecule has 0 N–H and O–H groups in total. The number of piperazine rings is 1. The van der Waals surface area contributed by atoms with Crippen LogP contribution in [0, 0.1) is 0 Å². The van der Waals surface area contributed by atoms with Crippen molar-refractivity contribution in [3.63, 3.8) is 0 Å². The Balaban J connectivity index is 1.33. The number of halogens is 1. The van der Waals surface area contributed by atoms with E-state index in [9.17, 15) is 0 Å². The molecule has 5 nitrogen and oxygen atoms in total. The van der Waals surface area contributed by atoms with Gasteiger partial charge in [-0.1, -0.05) is 38.6 Å². The van der Waals surface area contributed by atoms with E-state index < -0.39 is 0 Å². The summed E-state index contributed by atoms with van der Waals surface area (Å²) in [6.07, 6.45) is 0. The monoisotopic (exact) mass is 460 g/mol. The average Bonchev–Trinajstić information content (AvgIpc) is 3.31. The van der Waals surface area contributed by atoms with Crippen LogP contribution in [-0.4, -0.2) is 43.3 Å². The number of fused-ring (bicyclic) bond motifs is 2. The maximum atomic E-state index is 5.32. The number of rotatable bonds is 3. The van der Waals surface area contributed by atoms with Gasteiger partial charge in [0.05, 0.1) is 27.5 Å². The summed E-state index contributed by atoms with van der Waals surface area (Å²) in [6, 6.07) is 12.3. The van der Waals surface area contributed by atoms with Gasteiger partial charge in [-0.15, -0.1) is 0 Å². The number of nitrogens with zero attached hydrogens (tertiary/aromatic N) is 4. The summed E-state index contributed by atoms with van der Waals surface area (Å²) in [6.45, 7) is 3.83. The van der Waals surface area contributed by atoms with Crippen LogP contribution < -0.4 is 14.5 Å². The highest BCUT2D eigenvalue weighted by molar-refractivity contribution is 9.10. The molecule has 0 saturated carbocycles. The molecule has 0 atom stereocenters. The van der Waals surface area contributed by atoms with Crippen LogP contribution in [0.25, 0.3) is 20.4 Å².